The summed E-state index contributed by atoms with van der Waals surface area (Å²) in [6, 6.07) is 13.2. The first-order valence-electron chi connectivity index (χ1n) is 11.2. The Bertz CT molecular complexity index is 1550. The fourth-order valence-corrected chi connectivity index (χ4v) is 4.88. The van der Waals surface area contributed by atoms with Crippen molar-refractivity contribution < 1.29 is 9.59 Å². The van der Waals surface area contributed by atoms with Crippen LogP contribution in [-0.2, 0) is 11.3 Å². The minimum atomic E-state index is -0.404. The molecule has 0 saturated carbocycles. The predicted octanol–water partition coefficient (Wildman–Crippen LogP) is 3.27. The van der Waals surface area contributed by atoms with Crippen molar-refractivity contribution in [3.8, 4) is 11.4 Å². The number of aromatic nitrogens is 5. The highest BCUT2D eigenvalue weighted by molar-refractivity contribution is 8.05. The third kappa shape index (κ3) is 5.63. The second kappa shape index (κ2) is 10.8. The van der Waals surface area contributed by atoms with Crippen LogP contribution >= 0.6 is 23.4 Å². The van der Waals surface area contributed by atoms with E-state index in [1.807, 2.05) is 6.08 Å². The number of rotatable bonds is 7. The first-order chi connectivity index (χ1) is 18.0. The number of halogens is 1. The van der Waals surface area contributed by atoms with E-state index in [1.54, 1.807) is 67.3 Å². The van der Waals surface area contributed by atoms with Gasteiger partial charge < -0.3 is 10.6 Å². The molecule has 3 aromatic heterocycles. The number of anilines is 1. The lowest BCUT2D eigenvalue weighted by Crippen LogP contribution is -2.23. The van der Waals surface area contributed by atoms with Crippen LogP contribution in [0, 0.1) is 0 Å². The van der Waals surface area contributed by atoms with Gasteiger partial charge in [-0.2, -0.15) is 0 Å². The normalized spacial score (nSPS) is 14.7. The molecular weight excluding hydrogens is 514 g/mol. The van der Waals surface area contributed by atoms with E-state index in [9.17, 15) is 14.4 Å². The number of pyridine rings is 2. The molecule has 1 atom stereocenters. The molecule has 5 rings (SSSR count). The lowest BCUT2D eigenvalue weighted by molar-refractivity contribution is -0.117. The zero-order valence-electron chi connectivity index (χ0n) is 19.2. The van der Waals surface area contributed by atoms with Crippen LogP contribution in [0.5, 0.6) is 0 Å². The molecule has 4 aromatic rings. The molecule has 12 heteroatoms. The summed E-state index contributed by atoms with van der Waals surface area (Å²) in [4.78, 5) is 42.6. The number of carbonyl (C=O) groups excluding carboxylic acids is 2. The molecule has 4 heterocycles. The molecule has 10 nitrogen and oxygen atoms in total. The van der Waals surface area contributed by atoms with Gasteiger partial charge in [0.1, 0.15) is 5.69 Å². The molecule has 0 spiro atoms. The van der Waals surface area contributed by atoms with Gasteiger partial charge in [-0.25, -0.2) is 4.68 Å². The second-order valence-electron chi connectivity index (χ2n) is 7.97. The largest absolute Gasteiger partial charge is 0.346 e. The molecule has 2 N–H and O–H groups in total. The Kier molecular flexibility index (Phi) is 7.15. The first-order valence-corrected chi connectivity index (χ1v) is 12.5. The van der Waals surface area contributed by atoms with Crippen molar-refractivity contribution in [2.45, 2.75) is 17.7 Å². The summed E-state index contributed by atoms with van der Waals surface area (Å²) < 4.78 is 2.77. The zero-order valence-corrected chi connectivity index (χ0v) is 20.8. The van der Waals surface area contributed by atoms with E-state index in [0.29, 0.717) is 34.1 Å². The van der Waals surface area contributed by atoms with Crippen LogP contribution in [0.25, 0.3) is 11.4 Å². The Balaban J connectivity index is 1.43. The molecule has 1 aromatic carbocycles. The molecule has 1 aliphatic heterocycles. The van der Waals surface area contributed by atoms with E-state index in [-0.39, 0.29) is 28.3 Å². The molecule has 0 saturated heterocycles. The van der Waals surface area contributed by atoms with Crippen molar-refractivity contribution in [3.63, 3.8) is 0 Å². The molecule has 0 fully saturated rings. The third-order valence-corrected chi connectivity index (χ3v) is 6.95. The minimum Gasteiger partial charge on any atom is -0.346 e. The van der Waals surface area contributed by atoms with Gasteiger partial charge in [0.15, 0.2) is 0 Å². The van der Waals surface area contributed by atoms with Gasteiger partial charge in [0, 0.05) is 36.0 Å². The number of carbonyl (C=O) groups is 2. The minimum absolute atomic E-state index is 0.131. The monoisotopic (exact) mass is 533 g/mol. The third-order valence-electron chi connectivity index (χ3n) is 5.45. The fourth-order valence-electron chi connectivity index (χ4n) is 3.66. The fraction of sp³-hybridized carbons (Fsp3) is 0.120. The molecule has 0 aliphatic carbocycles. The number of alkyl halides is 1. The lowest BCUT2D eigenvalue weighted by atomic mass is 10.1. The topological polar surface area (TPSA) is 124 Å². The van der Waals surface area contributed by atoms with Crippen LogP contribution in [-0.4, -0.2) is 41.1 Å². The number of thioether (sulfide) groups is 1. The van der Waals surface area contributed by atoms with Gasteiger partial charge in [0.05, 0.1) is 33.6 Å². The maximum Gasteiger partial charge on any atom is 0.257 e. The molecule has 0 bridgehead atoms. The summed E-state index contributed by atoms with van der Waals surface area (Å²) in [5.74, 6) is -0.629. The maximum atomic E-state index is 13.3. The highest BCUT2D eigenvalue weighted by Gasteiger charge is 2.21. The van der Waals surface area contributed by atoms with Crippen LogP contribution in [0.4, 0.5) is 5.69 Å². The number of hydrogen-bond acceptors (Lipinski definition) is 7. The van der Waals surface area contributed by atoms with Crippen molar-refractivity contribution in [3.05, 3.63) is 106 Å². The summed E-state index contributed by atoms with van der Waals surface area (Å²) in [5, 5.41) is 13.9. The van der Waals surface area contributed by atoms with Gasteiger partial charge in [-0.05, 0) is 42.8 Å². The zero-order chi connectivity index (χ0) is 25.8. The van der Waals surface area contributed by atoms with E-state index >= 15 is 0 Å². The molecule has 0 radical (unpaired) electrons. The van der Waals surface area contributed by atoms with Crippen LogP contribution < -0.4 is 16.2 Å². The number of hydrogen-bond donors (Lipinski definition) is 2. The number of amides is 2. The Labute approximate surface area is 220 Å². The molecule has 1 unspecified atom stereocenters. The summed E-state index contributed by atoms with van der Waals surface area (Å²) in [7, 11) is 0. The Morgan fingerprint density at radius 3 is 2.70 bits per heavy atom. The lowest BCUT2D eigenvalue weighted by Gasteiger charge is -2.13. The van der Waals surface area contributed by atoms with Crippen LogP contribution in [0.3, 0.4) is 0 Å². The molecular formula is C25H20ClN7O3S. The Morgan fingerprint density at radius 2 is 1.95 bits per heavy atom. The quantitative estimate of drug-likeness (QED) is 0.349. The van der Waals surface area contributed by atoms with Crippen LogP contribution in [0.15, 0.2) is 89.1 Å². The molecule has 186 valence electrons. The first kappa shape index (κ1) is 24.5. The van der Waals surface area contributed by atoms with Gasteiger partial charge in [0.2, 0.25) is 0 Å². The van der Waals surface area contributed by atoms with Crippen molar-refractivity contribution in [2.75, 3.05) is 5.32 Å². The summed E-state index contributed by atoms with van der Waals surface area (Å²) in [6.07, 6.45) is 8.85. The summed E-state index contributed by atoms with van der Waals surface area (Å²) >= 11 is 7.36. The molecule has 37 heavy (non-hydrogen) atoms. The van der Waals surface area contributed by atoms with E-state index in [4.69, 9.17) is 11.6 Å². The number of allylic oxidation sites excluding steroid dienone is 1. The Hall–Kier alpha value is -4.22. The van der Waals surface area contributed by atoms with Gasteiger partial charge >= 0.3 is 0 Å². The average Bonchev–Trinajstić information content (AvgIpc) is 3.57. The van der Waals surface area contributed by atoms with E-state index < -0.39 is 5.91 Å². The average molecular weight is 534 g/mol. The molecule has 2 amide bonds. The van der Waals surface area contributed by atoms with Crippen molar-refractivity contribution in [2.24, 2.45) is 0 Å². The van der Waals surface area contributed by atoms with Gasteiger partial charge in [0.25, 0.3) is 17.4 Å². The number of nitrogens with zero attached hydrogens (tertiary/aromatic N) is 5. The maximum absolute atomic E-state index is 13.3. The van der Waals surface area contributed by atoms with Crippen molar-refractivity contribution in [1.82, 2.24) is 29.9 Å². The van der Waals surface area contributed by atoms with Crippen LogP contribution in [0.1, 0.15) is 22.5 Å². The number of benzene rings is 1. The summed E-state index contributed by atoms with van der Waals surface area (Å²) in [6.45, 7) is 0.153. The Morgan fingerprint density at radius 1 is 1.11 bits per heavy atom. The van der Waals surface area contributed by atoms with Gasteiger partial charge in [-0.3, -0.25) is 23.9 Å². The SMILES string of the molecule is O=C(NCc1cn(-c2ccc(-n3ccccc3=O)cc2C(=O)Nc2ccncc2)nn1)C1=CCC(Cl)S1. The van der Waals surface area contributed by atoms with E-state index in [2.05, 4.69) is 25.9 Å². The predicted molar refractivity (Wildman–Crippen MR) is 141 cm³/mol. The van der Waals surface area contributed by atoms with E-state index in [1.165, 1.54) is 27.1 Å². The standard InChI is InChI=1S/C25H20ClN7O3S/c26-22-7-6-21(37-22)25(36)28-14-17-15-33(31-30-17)20-5-4-18(32-12-2-1-3-23(32)34)13-19(20)24(35)29-16-8-10-27-11-9-16/h1-6,8-13,15,22H,7,14H2,(H,28,36)(H,27,29,35). The number of nitrogens with one attached hydrogen (secondary N) is 2. The van der Waals surface area contributed by atoms with E-state index in [0.717, 1.165) is 0 Å². The molecule has 1 aliphatic rings. The summed E-state index contributed by atoms with van der Waals surface area (Å²) in [5.41, 5.74) is 2.07. The van der Waals surface area contributed by atoms with Crippen LogP contribution in [0.2, 0.25) is 0 Å². The van der Waals surface area contributed by atoms with Crippen molar-refractivity contribution in [1.29, 1.82) is 0 Å². The highest BCUT2D eigenvalue weighted by atomic mass is 35.5. The second-order valence-corrected chi connectivity index (χ2v) is 10.00. The smallest absolute Gasteiger partial charge is 0.257 e. The van der Waals surface area contributed by atoms with Gasteiger partial charge in [-0.1, -0.05) is 17.4 Å². The van der Waals surface area contributed by atoms with Crippen molar-refractivity contribution >= 4 is 40.9 Å². The highest BCUT2D eigenvalue weighted by Crippen LogP contribution is 2.34. The van der Waals surface area contributed by atoms with Gasteiger partial charge in [-0.15, -0.1) is 28.5 Å².